The van der Waals surface area contributed by atoms with E-state index >= 15 is 0 Å². The molecule has 4 heteroatoms. The Morgan fingerprint density at radius 3 is 2.44 bits per heavy atom. The van der Waals surface area contributed by atoms with Crippen molar-refractivity contribution < 1.29 is 9.90 Å². The normalized spacial score (nSPS) is 31.2. The topological polar surface area (TPSA) is 61.4 Å². The Bertz CT molecular complexity index is 292. The third kappa shape index (κ3) is 2.54. The molecule has 0 spiro atoms. The predicted molar refractivity (Wildman–Crippen MR) is 71.3 cm³/mol. The van der Waals surface area contributed by atoms with E-state index in [-0.39, 0.29) is 23.6 Å². The van der Waals surface area contributed by atoms with E-state index in [1.54, 1.807) is 0 Å². The first kappa shape index (κ1) is 13.8. The standard InChI is InChI=1S/C14H26N2O2/c1-2-14(9-6-10-15-14)12(18)16-13(11-17)7-4-3-5-8-13/h15,17H,2-11H2,1H3,(H,16,18). The molecule has 4 nitrogen and oxygen atoms in total. The van der Waals surface area contributed by atoms with Gasteiger partial charge in [-0.2, -0.15) is 0 Å². The van der Waals surface area contributed by atoms with Crippen molar-refractivity contribution in [3.05, 3.63) is 0 Å². The van der Waals surface area contributed by atoms with Crippen LogP contribution in [0.25, 0.3) is 0 Å². The lowest BCUT2D eigenvalue weighted by Gasteiger charge is -2.39. The first-order valence-corrected chi connectivity index (χ1v) is 7.35. The van der Waals surface area contributed by atoms with E-state index < -0.39 is 0 Å². The van der Waals surface area contributed by atoms with Crippen LogP contribution in [0, 0.1) is 0 Å². The molecular weight excluding hydrogens is 228 g/mol. The average molecular weight is 254 g/mol. The molecule has 1 aliphatic carbocycles. The molecule has 2 fully saturated rings. The number of carbonyl (C=O) groups is 1. The molecule has 0 aromatic heterocycles. The summed E-state index contributed by atoms with van der Waals surface area (Å²) in [6, 6.07) is 0. The molecular formula is C14H26N2O2. The summed E-state index contributed by atoms with van der Waals surface area (Å²) < 4.78 is 0. The van der Waals surface area contributed by atoms with Gasteiger partial charge in [-0.25, -0.2) is 0 Å². The minimum Gasteiger partial charge on any atom is -0.394 e. The van der Waals surface area contributed by atoms with E-state index in [2.05, 4.69) is 17.6 Å². The number of hydrogen-bond donors (Lipinski definition) is 3. The van der Waals surface area contributed by atoms with Crippen LogP contribution in [0.1, 0.15) is 58.3 Å². The summed E-state index contributed by atoms with van der Waals surface area (Å²) in [5.41, 5.74) is -0.749. The Morgan fingerprint density at radius 2 is 1.94 bits per heavy atom. The molecule has 1 heterocycles. The molecule has 1 saturated heterocycles. The number of rotatable bonds is 4. The first-order valence-electron chi connectivity index (χ1n) is 7.35. The van der Waals surface area contributed by atoms with Crippen LogP contribution in [0.4, 0.5) is 0 Å². The zero-order chi connectivity index (χ0) is 13.1. The lowest BCUT2D eigenvalue weighted by molar-refractivity contribution is -0.130. The van der Waals surface area contributed by atoms with Crippen molar-refractivity contribution in [2.45, 2.75) is 69.4 Å². The summed E-state index contributed by atoms with van der Waals surface area (Å²) in [4.78, 5) is 12.5. The number of amides is 1. The molecule has 1 aliphatic heterocycles. The number of aliphatic hydroxyl groups is 1. The summed E-state index contributed by atoms with van der Waals surface area (Å²) in [7, 11) is 0. The Kier molecular flexibility index (Phi) is 4.28. The predicted octanol–water partition coefficient (Wildman–Crippen LogP) is 1.33. The van der Waals surface area contributed by atoms with Crippen molar-refractivity contribution >= 4 is 5.91 Å². The van der Waals surface area contributed by atoms with Gasteiger partial charge in [0, 0.05) is 0 Å². The van der Waals surface area contributed by atoms with Crippen LogP contribution in [0.2, 0.25) is 0 Å². The van der Waals surface area contributed by atoms with E-state index in [9.17, 15) is 9.90 Å². The highest BCUT2D eigenvalue weighted by molar-refractivity contribution is 5.87. The van der Waals surface area contributed by atoms with E-state index in [1.165, 1.54) is 6.42 Å². The minimum atomic E-state index is -0.389. The molecule has 1 amide bonds. The number of hydrogen-bond acceptors (Lipinski definition) is 3. The Hall–Kier alpha value is -0.610. The molecule has 3 N–H and O–H groups in total. The fourth-order valence-corrected chi connectivity index (χ4v) is 3.37. The maximum Gasteiger partial charge on any atom is 0.240 e. The highest BCUT2D eigenvalue weighted by Gasteiger charge is 2.43. The van der Waals surface area contributed by atoms with Crippen LogP contribution in [-0.2, 0) is 4.79 Å². The summed E-state index contributed by atoms with van der Waals surface area (Å²) in [5.74, 6) is 0.0958. The van der Waals surface area contributed by atoms with E-state index in [1.807, 2.05) is 0 Å². The van der Waals surface area contributed by atoms with Crippen molar-refractivity contribution in [3.63, 3.8) is 0 Å². The largest absolute Gasteiger partial charge is 0.394 e. The minimum absolute atomic E-state index is 0.0680. The molecule has 2 rings (SSSR count). The number of aliphatic hydroxyl groups excluding tert-OH is 1. The van der Waals surface area contributed by atoms with Gasteiger partial charge in [0.2, 0.25) is 5.91 Å². The Labute approximate surface area is 110 Å². The third-order valence-corrected chi connectivity index (χ3v) is 4.77. The van der Waals surface area contributed by atoms with Crippen molar-refractivity contribution in [1.29, 1.82) is 0 Å². The van der Waals surface area contributed by atoms with Crippen LogP contribution in [0.15, 0.2) is 0 Å². The van der Waals surface area contributed by atoms with E-state index in [0.717, 1.165) is 51.5 Å². The smallest absolute Gasteiger partial charge is 0.240 e. The lowest BCUT2D eigenvalue weighted by Crippen LogP contribution is -2.61. The Balaban J connectivity index is 2.04. The summed E-state index contributed by atoms with van der Waals surface area (Å²) in [5, 5.41) is 16.2. The van der Waals surface area contributed by atoms with Crippen LogP contribution >= 0.6 is 0 Å². The number of nitrogens with one attached hydrogen (secondary N) is 2. The quantitative estimate of drug-likeness (QED) is 0.709. The van der Waals surface area contributed by atoms with Crippen LogP contribution < -0.4 is 10.6 Å². The van der Waals surface area contributed by atoms with Gasteiger partial charge < -0.3 is 15.7 Å². The molecule has 1 atom stereocenters. The van der Waals surface area contributed by atoms with Gasteiger partial charge in [-0.1, -0.05) is 26.2 Å². The molecule has 2 aliphatic rings. The van der Waals surface area contributed by atoms with Crippen molar-refractivity contribution in [1.82, 2.24) is 10.6 Å². The summed E-state index contributed by atoms with van der Waals surface area (Å²) >= 11 is 0. The molecule has 0 radical (unpaired) electrons. The van der Waals surface area contributed by atoms with Crippen LogP contribution in [-0.4, -0.2) is 35.2 Å². The lowest BCUT2D eigenvalue weighted by atomic mass is 9.81. The third-order valence-electron chi connectivity index (χ3n) is 4.77. The monoisotopic (exact) mass is 254 g/mol. The van der Waals surface area contributed by atoms with Crippen molar-refractivity contribution in [2.24, 2.45) is 0 Å². The highest BCUT2D eigenvalue weighted by Crippen LogP contribution is 2.30. The van der Waals surface area contributed by atoms with Gasteiger partial charge in [-0.15, -0.1) is 0 Å². The molecule has 1 unspecified atom stereocenters. The number of carbonyl (C=O) groups excluding carboxylic acids is 1. The Morgan fingerprint density at radius 1 is 1.22 bits per heavy atom. The maximum atomic E-state index is 12.5. The summed E-state index contributed by atoms with van der Waals surface area (Å²) in [6.45, 7) is 3.05. The SMILES string of the molecule is CCC1(C(=O)NC2(CO)CCCCC2)CCCN1. The van der Waals surface area contributed by atoms with Crippen LogP contribution in [0.5, 0.6) is 0 Å². The molecule has 0 aromatic rings. The first-order chi connectivity index (χ1) is 8.66. The van der Waals surface area contributed by atoms with Gasteiger partial charge in [0.05, 0.1) is 17.7 Å². The maximum absolute atomic E-state index is 12.5. The fourth-order valence-electron chi connectivity index (χ4n) is 3.37. The molecule has 104 valence electrons. The molecule has 1 saturated carbocycles. The van der Waals surface area contributed by atoms with Gasteiger partial charge in [0.15, 0.2) is 0 Å². The van der Waals surface area contributed by atoms with E-state index in [4.69, 9.17) is 0 Å². The van der Waals surface area contributed by atoms with Crippen LogP contribution in [0.3, 0.4) is 0 Å². The zero-order valence-corrected chi connectivity index (χ0v) is 11.4. The zero-order valence-electron chi connectivity index (χ0n) is 11.4. The highest BCUT2D eigenvalue weighted by atomic mass is 16.3. The second-order valence-corrected chi connectivity index (χ2v) is 5.92. The van der Waals surface area contributed by atoms with Gasteiger partial charge in [0.1, 0.15) is 0 Å². The second-order valence-electron chi connectivity index (χ2n) is 5.92. The van der Waals surface area contributed by atoms with E-state index in [0.29, 0.717) is 0 Å². The van der Waals surface area contributed by atoms with Gasteiger partial charge in [-0.05, 0) is 38.6 Å². The van der Waals surface area contributed by atoms with Crippen molar-refractivity contribution in [3.8, 4) is 0 Å². The molecule has 18 heavy (non-hydrogen) atoms. The molecule has 0 aromatic carbocycles. The molecule has 0 bridgehead atoms. The average Bonchev–Trinajstić information content (AvgIpc) is 2.90. The van der Waals surface area contributed by atoms with Gasteiger partial charge >= 0.3 is 0 Å². The fraction of sp³-hybridized carbons (Fsp3) is 0.929. The van der Waals surface area contributed by atoms with Gasteiger partial charge in [0.25, 0.3) is 0 Å². The summed E-state index contributed by atoms with van der Waals surface area (Å²) in [6.07, 6.45) is 8.05. The second kappa shape index (κ2) is 5.57. The van der Waals surface area contributed by atoms with Crippen molar-refractivity contribution in [2.75, 3.05) is 13.2 Å². The van der Waals surface area contributed by atoms with Gasteiger partial charge in [-0.3, -0.25) is 4.79 Å².